The Morgan fingerprint density at radius 2 is 0.667 bits per heavy atom. The van der Waals surface area contributed by atoms with Gasteiger partial charge in [-0.2, -0.15) is 0 Å². The Hall–Kier alpha value is 0.0748. The second-order valence-corrected chi connectivity index (χ2v) is 6.66. The van der Waals surface area contributed by atoms with Crippen LogP contribution in [0.4, 0.5) is 0 Å². The summed E-state index contributed by atoms with van der Waals surface area (Å²) in [7, 11) is 0. The van der Waals surface area contributed by atoms with Crippen LogP contribution in [-0.4, -0.2) is 20.9 Å². The first-order valence-corrected chi connectivity index (χ1v) is 9.42. The van der Waals surface area contributed by atoms with Crippen LogP contribution >= 0.6 is 0 Å². The van der Waals surface area contributed by atoms with Crippen molar-refractivity contribution in [3.63, 3.8) is 0 Å². The molecule has 3 N–H and O–H groups in total. The Bertz CT molecular complexity index is 220. The third-order valence-electron chi connectivity index (χ3n) is 5.64. The van der Waals surface area contributed by atoms with Crippen LogP contribution in [0.1, 0.15) is 80.1 Å². The maximum atomic E-state index is 3.87. The van der Waals surface area contributed by atoms with E-state index < -0.39 is 0 Å². The Balaban J connectivity index is 2.86. The van der Waals surface area contributed by atoms with Gasteiger partial charge in [-0.05, 0) is 17.5 Å². The van der Waals surface area contributed by atoms with Gasteiger partial charge in [-0.1, -0.05) is 80.1 Å². The van der Waals surface area contributed by atoms with E-state index in [0.717, 1.165) is 17.5 Å². The number of hydrogen-bond acceptors (Lipinski definition) is 3. The predicted octanol–water partition coefficient (Wildman–Crippen LogP) is 3.80. The van der Waals surface area contributed by atoms with Gasteiger partial charge >= 0.3 is 0 Å². The zero-order valence-corrected chi connectivity index (χ0v) is 15.2. The highest BCUT2D eigenvalue weighted by atomic mass is 15.1. The molecule has 0 atom stereocenters. The van der Waals surface area contributed by atoms with Crippen LogP contribution in [0.5, 0.6) is 0 Å². The average molecular weight is 291 g/mol. The molecule has 0 aromatic heterocycles. The fraction of sp³-hybridized carbons (Fsp3) is 1.00. The molecular formula is C15H36B3N3. The van der Waals surface area contributed by atoms with Gasteiger partial charge < -0.3 is 15.4 Å². The molecule has 0 bridgehead atoms. The van der Waals surface area contributed by atoms with Crippen molar-refractivity contribution in [1.82, 2.24) is 15.4 Å². The van der Waals surface area contributed by atoms with Crippen molar-refractivity contribution in [3.05, 3.63) is 0 Å². The summed E-state index contributed by atoms with van der Waals surface area (Å²) in [4.78, 5) is 0. The molecule has 0 radical (unpaired) electrons. The molecule has 1 rings (SSSR count). The van der Waals surface area contributed by atoms with Crippen molar-refractivity contribution in [2.75, 3.05) is 0 Å². The molecule has 120 valence electrons. The van der Waals surface area contributed by atoms with Crippen LogP contribution in [0.25, 0.3) is 0 Å². The van der Waals surface area contributed by atoms with E-state index in [9.17, 15) is 0 Å². The van der Waals surface area contributed by atoms with E-state index in [0.29, 0.717) is 20.9 Å². The van der Waals surface area contributed by atoms with E-state index in [4.69, 9.17) is 0 Å². The standard InChI is InChI=1S/C15H36B3N3/c1-7-13(8-2)16-19-17(14(9-3)10-4)21-18(20-16)15(11-5)12-6/h13-15,19-21H,7-12H2,1-6H3. The maximum absolute atomic E-state index is 3.87. The lowest BCUT2D eigenvalue weighted by Crippen LogP contribution is -2.77. The molecule has 0 spiro atoms. The van der Waals surface area contributed by atoms with Gasteiger partial charge in [-0.15, -0.1) is 0 Å². The predicted molar refractivity (Wildman–Crippen MR) is 99.7 cm³/mol. The smallest absolute Gasteiger partial charge is 0.288 e. The molecule has 0 saturated carbocycles. The van der Waals surface area contributed by atoms with Crippen molar-refractivity contribution in [2.24, 2.45) is 0 Å². The summed E-state index contributed by atoms with van der Waals surface area (Å²) < 4.78 is 0. The first-order valence-electron chi connectivity index (χ1n) is 9.42. The number of hydrogen-bond donors (Lipinski definition) is 3. The zero-order chi connectivity index (χ0) is 15.8. The molecule has 1 aliphatic rings. The highest BCUT2D eigenvalue weighted by molar-refractivity contribution is 6.88. The highest BCUT2D eigenvalue weighted by Crippen LogP contribution is 2.26. The van der Waals surface area contributed by atoms with Gasteiger partial charge in [0.25, 0.3) is 20.9 Å². The van der Waals surface area contributed by atoms with E-state index in [1.807, 2.05) is 0 Å². The van der Waals surface area contributed by atoms with Gasteiger partial charge in [-0.25, -0.2) is 0 Å². The maximum Gasteiger partial charge on any atom is 0.288 e. The third kappa shape index (κ3) is 5.04. The molecule has 1 fully saturated rings. The van der Waals surface area contributed by atoms with Crippen LogP contribution in [0.3, 0.4) is 0 Å². The Kier molecular flexibility index (Phi) is 9.07. The van der Waals surface area contributed by atoms with E-state index >= 15 is 0 Å². The SMILES string of the molecule is CCC(CC)B1NB(C(CC)CC)NB(C(CC)CC)N1. The van der Waals surface area contributed by atoms with Crippen molar-refractivity contribution >= 4 is 20.9 Å². The van der Waals surface area contributed by atoms with Crippen molar-refractivity contribution in [2.45, 2.75) is 97.5 Å². The quantitative estimate of drug-likeness (QED) is 0.565. The lowest BCUT2D eigenvalue weighted by molar-refractivity contribution is 0.690. The van der Waals surface area contributed by atoms with Gasteiger partial charge in [0.15, 0.2) is 0 Å². The minimum atomic E-state index is 0.456. The number of rotatable bonds is 9. The molecule has 3 nitrogen and oxygen atoms in total. The first kappa shape index (κ1) is 19.1. The van der Waals surface area contributed by atoms with Crippen LogP contribution in [0, 0.1) is 0 Å². The van der Waals surface area contributed by atoms with Crippen LogP contribution in [0.2, 0.25) is 17.5 Å². The average Bonchev–Trinajstić information content (AvgIpc) is 2.51. The lowest BCUT2D eigenvalue weighted by Gasteiger charge is -2.41. The minimum absolute atomic E-state index is 0.456. The third-order valence-corrected chi connectivity index (χ3v) is 5.64. The summed E-state index contributed by atoms with van der Waals surface area (Å²) >= 11 is 0. The molecule has 0 aliphatic carbocycles. The molecule has 0 unspecified atom stereocenters. The molecule has 0 aromatic carbocycles. The lowest BCUT2D eigenvalue weighted by atomic mass is 9.38. The van der Waals surface area contributed by atoms with Crippen LogP contribution in [0.15, 0.2) is 0 Å². The van der Waals surface area contributed by atoms with Crippen molar-refractivity contribution in [3.8, 4) is 0 Å². The van der Waals surface area contributed by atoms with Crippen molar-refractivity contribution in [1.29, 1.82) is 0 Å². The highest BCUT2D eigenvalue weighted by Gasteiger charge is 2.42. The largest absolute Gasteiger partial charge is 0.371 e. The Morgan fingerprint density at radius 3 is 0.810 bits per heavy atom. The first-order chi connectivity index (χ1) is 10.1. The molecule has 0 amide bonds. The zero-order valence-electron chi connectivity index (χ0n) is 15.2. The second-order valence-electron chi connectivity index (χ2n) is 6.66. The summed E-state index contributed by atoms with van der Waals surface area (Å²) in [5.74, 6) is 2.17. The van der Waals surface area contributed by atoms with Crippen LogP contribution < -0.4 is 15.4 Å². The summed E-state index contributed by atoms with van der Waals surface area (Å²) in [6.07, 6.45) is 7.46. The van der Waals surface area contributed by atoms with E-state index in [1.165, 1.54) is 38.5 Å². The van der Waals surface area contributed by atoms with Crippen LogP contribution in [-0.2, 0) is 0 Å². The molecule has 6 heteroatoms. The summed E-state index contributed by atoms with van der Waals surface area (Å²) in [6, 6.07) is 0. The summed E-state index contributed by atoms with van der Waals surface area (Å²) in [5, 5.41) is 11.6. The van der Waals surface area contributed by atoms with E-state index in [2.05, 4.69) is 57.0 Å². The fourth-order valence-electron chi connectivity index (χ4n) is 3.82. The monoisotopic (exact) mass is 291 g/mol. The molecule has 0 aromatic rings. The molecule has 1 saturated heterocycles. The Morgan fingerprint density at radius 1 is 0.476 bits per heavy atom. The normalized spacial score (nSPS) is 16.7. The van der Waals surface area contributed by atoms with Gasteiger partial charge in [0.05, 0.1) is 0 Å². The summed E-state index contributed by atoms with van der Waals surface area (Å²) in [6.45, 7) is 15.3. The molecule has 1 heterocycles. The fourth-order valence-corrected chi connectivity index (χ4v) is 3.82. The van der Waals surface area contributed by atoms with Gasteiger partial charge in [-0.3, -0.25) is 0 Å². The molecule has 21 heavy (non-hydrogen) atoms. The number of nitrogens with one attached hydrogen (secondary N) is 3. The van der Waals surface area contributed by atoms with E-state index in [1.54, 1.807) is 0 Å². The van der Waals surface area contributed by atoms with Gasteiger partial charge in [0.1, 0.15) is 0 Å². The molecule has 1 aliphatic heterocycles. The van der Waals surface area contributed by atoms with Gasteiger partial charge in [0.2, 0.25) is 0 Å². The minimum Gasteiger partial charge on any atom is -0.371 e. The second kappa shape index (κ2) is 9.96. The van der Waals surface area contributed by atoms with E-state index in [-0.39, 0.29) is 0 Å². The van der Waals surface area contributed by atoms with Crippen molar-refractivity contribution < 1.29 is 0 Å². The topological polar surface area (TPSA) is 36.1 Å². The summed E-state index contributed by atoms with van der Waals surface area (Å²) in [5.41, 5.74) is 0. The Labute approximate surface area is 134 Å². The molecular weight excluding hydrogens is 255 g/mol. The van der Waals surface area contributed by atoms with Gasteiger partial charge in [0, 0.05) is 0 Å².